The third-order valence-corrected chi connectivity index (χ3v) is 6.70. The average molecular weight is 393 g/mol. The maximum absolute atomic E-state index is 12.7. The van der Waals surface area contributed by atoms with Gasteiger partial charge in [0.2, 0.25) is 15.9 Å². The number of benzene rings is 2. The number of sulfonamides is 1. The van der Waals surface area contributed by atoms with Gasteiger partial charge in [0.15, 0.2) is 0 Å². The first-order valence-electron chi connectivity index (χ1n) is 8.54. The van der Waals surface area contributed by atoms with Crippen molar-refractivity contribution < 1.29 is 13.2 Å². The molecule has 1 N–H and O–H groups in total. The molecule has 3 rings (SSSR count). The number of piperidine rings is 1. The molecule has 0 spiro atoms. The van der Waals surface area contributed by atoms with Crippen molar-refractivity contribution in [2.45, 2.75) is 24.3 Å². The molecule has 5 nitrogen and oxygen atoms in total. The number of carbonyl (C=O) groups is 1. The van der Waals surface area contributed by atoms with E-state index in [1.165, 1.54) is 10.4 Å². The van der Waals surface area contributed by atoms with Crippen LogP contribution < -0.4 is 5.32 Å². The molecule has 26 heavy (non-hydrogen) atoms. The van der Waals surface area contributed by atoms with Gasteiger partial charge in [0.25, 0.3) is 0 Å². The highest BCUT2D eigenvalue weighted by molar-refractivity contribution is 7.89. The van der Waals surface area contributed by atoms with Crippen LogP contribution in [-0.4, -0.2) is 31.7 Å². The predicted molar refractivity (Wildman–Crippen MR) is 101 cm³/mol. The van der Waals surface area contributed by atoms with Crippen molar-refractivity contribution in [2.24, 2.45) is 5.92 Å². The summed E-state index contributed by atoms with van der Waals surface area (Å²) >= 11 is 5.90. The topological polar surface area (TPSA) is 66.5 Å². The Balaban J connectivity index is 1.56. The fourth-order valence-electron chi connectivity index (χ4n) is 3.06. The Hall–Kier alpha value is -1.89. The van der Waals surface area contributed by atoms with Crippen LogP contribution in [0.4, 0.5) is 0 Å². The van der Waals surface area contributed by atoms with Crippen LogP contribution in [-0.2, 0) is 21.4 Å². The number of carbonyl (C=O) groups excluding carboxylic acids is 1. The highest BCUT2D eigenvalue weighted by Gasteiger charge is 2.32. The normalized spacial score (nSPS) is 16.3. The summed E-state index contributed by atoms with van der Waals surface area (Å²) in [6.07, 6.45) is 1.03. The molecule has 1 aliphatic heterocycles. The van der Waals surface area contributed by atoms with E-state index in [1.807, 2.05) is 30.3 Å². The molecule has 1 aliphatic rings. The van der Waals surface area contributed by atoms with Crippen LogP contribution in [0.25, 0.3) is 0 Å². The number of nitrogens with zero attached hydrogens (tertiary/aromatic N) is 1. The average Bonchev–Trinajstić information content (AvgIpc) is 2.67. The third kappa shape index (κ3) is 4.44. The van der Waals surface area contributed by atoms with E-state index in [2.05, 4.69) is 5.32 Å². The first-order chi connectivity index (χ1) is 12.5. The van der Waals surface area contributed by atoms with E-state index in [-0.39, 0.29) is 16.7 Å². The lowest BCUT2D eigenvalue weighted by Gasteiger charge is -2.30. The second-order valence-corrected chi connectivity index (χ2v) is 8.71. The molecular formula is C19H21ClN2O3S. The predicted octanol–water partition coefficient (Wildman–Crippen LogP) is 3.06. The SMILES string of the molecule is O=C(NCc1ccccc1)C1CCN(S(=O)(=O)c2cccc(Cl)c2)CC1. The maximum Gasteiger partial charge on any atom is 0.243 e. The van der Waals surface area contributed by atoms with Gasteiger partial charge < -0.3 is 5.32 Å². The summed E-state index contributed by atoms with van der Waals surface area (Å²) in [6, 6.07) is 16.0. The largest absolute Gasteiger partial charge is 0.352 e. The molecule has 0 atom stereocenters. The van der Waals surface area contributed by atoms with Gasteiger partial charge in [0.05, 0.1) is 4.90 Å². The summed E-state index contributed by atoms with van der Waals surface area (Å²) in [4.78, 5) is 12.5. The number of hydrogen-bond acceptors (Lipinski definition) is 3. The Morgan fingerprint density at radius 3 is 2.42 bits per heavy atom. The van der Waals surface area contributed by atoms with E-state index in [0.29, 0.717) is 37.5 Å². The van der Waals surface area contributed by atoms with Crippen molar-refractivity contribution in [3.63, 3.8) is 0 Å². The van der Waals surface area contributed by atoms with Crippen LogP contribution in [0.1, 0.15) is 18.4 Å². The fourth-order valence-corrected chi connectivity index (χ4v) is 4.84. The molecule has 0 radical (unpaired) electrons. The molecule has 0 aromatic heterocycles. The monoisotopic (exact) mass is 392 g/mol. The Bertz CT molecular complexity index is 863. The van der Waals surface area contributed by atoms with Crippen LogP contribution in [0.15, 0.2) is 59.5 Å². The first-order valence-corrected chi connectivity index (χ1v) is 10.4. The molecular weight excluding hydrogens is 372 g/mol. The fraction of sp³-hybridized carbons (Fsp3) is 0.316. The van der Waals surface area contributed by atoms with Crippen LogP contribution in [0.2, 0.25) is 5.02 Å². The quantitative estimate of drug-likeness (QED) is 0.850. The van der Waals surface area contributed by atoms with Gasteiger partial charge in [-0.15, -0.1) is 0 Å². The van der Waals surface area contributed by atoms with Crippen molar-refractivity contribution in [3.8, 4) is 0 Å². The number of nitrogens with one attached hydrogen (secondary N) is 1. The van der Waals surface area contributed by atoms with Gasteiger partial charge in [-0.25, -0.2) is 8.42 Å². The van der Waals surface area contributed by atoms with Crippen molar-refractivity contribution in [2.75, 3.05) is 13.1 Å². The zero-order valence-electron chi connectivity index (χ0n) is 14.3. The summed E-state index contributed by atoms with van der Waals surface area (Å²) in [6.45, 7) is 1.15. The Labute approximate surface area is 159 Å². The van der Waals surface area contributed by atoms with E-state index in [9.17, 15) is 13.2 Å². The summed E-state index contributed by atoms with van der Waals surface area (Å²) in [5, 5.41) is 3.33. The summed E-state index contributed by atoms with van der Waals surface area (Å²) in [7, 11) is -3.57. The molecule has 1 saturated heterocycles. The lowest BCUT2D eigenvalue weighted by Crippen LogP contribution is -2.42. The molecule has 138 valence electrons. The zero-order chi connectivity index (χ0) is 18.6. The molecule has 0 unspecified atom stereocenters. The minimum Gasteiger partial charge on any atom is -0.352 e. The van der Waals surface area contributed by atoms with Gasteiger partial charge in [-0.05, 0) is 36.6 Å². The van der Waals surface area contributed by atoms with Crippen LogP contribution in [0.5, 0.6) is 0 Å². The maximum atomic E-state index is 12.7. The molecule has 1 heterocycles. The van der Waals surface area contributed by atoms with E-state index in [4.69, 9.17) is 11.6 Å². The molecule has 1 fully saturated rings. The van der Waals surface area contributed by atoms with Crippen molar-refractivity contribution in [1.82, 2.24) is 9.62 Å². The molecule has 0 saturated carbocycles. The van der Waals surface area contributed by atoms with Crippen LogP contribution >= 0.6 is 11.6 Å². The Kier molecular flexibility index (Phi) is 5.96. The summed E-state index contributed by atoms with van der Waals surface area (Å²) in [5.74, 6) is -0.182. The van der Waals surface area contributed by atoms with Gasteiger partial charge in [-0.3, -0.25) is 4.79 Å². The molecule has 1 amide bonds. The van der Waals surface area contributed by atoms with Crippen molar-refractivity contribution in [1.29, 1.82) is 0 Å². The lowest BCUT2D eigenvalue weighted by molar-refractivity contribution is -0.126. The summed E-state index contributed by atoms with van der Waals surface area (Å²) < 4.78 is 26.8. The molecule has 0 bridgehead atoms. The third-order valence-electron chi connectivity index (χ3n) is 4.57. The lowest BCUT2D eigenvalue weighted by atomic mass is 9.97. The Morgan fingerprint density at radius 2 is 1.77 bits per heavy atom. The standard InChI is InChI=1S/C19H21ClN2O3S/c20-17-7-4-8-18(13-17)26(24,25)22-11-9-16(10-12-22)19(23)21-14-15-5-2-1-3-6-15/h1-8,13,16H,9-12,14H2,(H,21,23). The molecule has 0 aliphatic carbocycles. The molecule has 7 heteroatoms. The van der Waals surface area contributed by atoms with Gasteiger partial charge in [-0.1, -0.05) is 48.0 Å². The Morgan fingerprint density at radius 1 is 1.08 bits per heavy atom. The van der Waals surface area contributed by atoms with Crippen LogP contribution in [0, 0.1) is 5.92 Å². The van der Waals surface area contributed by atoms with Crippen LogP contribution in [0.3, 0.4) is 0 Å². The number of halogens is 1. The van der Waals surface area contributed by atoms with E-state index < -0.39 is 10.0 Å². The van der Waals surface area contributed by atoms with E-state index >= 15 is 0 Å². The van der Waals surface area contributed by atoms with Crippen molar-refractivity contribution >= 4 is 27.5 Å². The highest BCUT2D eigenvalue weighted by Crippen LogP contribution is 2.25. The number of rotatable bonds is 5. The van der Waals surface area contributed by atoms with E-state index in [0.717, 1.165) is 5.56 Å². The smallest absolute Gasteiger partial charge is 0.243 e. The van der Waals surface area contributed by atoms with Gasteiger partial charge in [-0.2, -0.15) is 4.31 Å². The molecule has 2 aromatic rings. The van der Waals surface area contributed by atoms with E-state index in [1.54, 1.807) is 18.2 Å². The first kappa shape index (κ1) is 18.9. The second-order valence-electron chi connectivity index (χ2n) is 6.34. The second kappa shape index (κ2) is 8.20. The number of amides is 1. The van der Waals surface area contributed by atoms with Gasteiger partial charge >= 0.3 is 0 Å². The van der Waals surface area contributed by atoms with Crippen molar-refractivity contribution in [3.05, 3.63) is 65.2 Å². The van der Waals surface area contributed by atoms with Gasteiger partial charge in [0.1, 0.15) is 0 Å². The molecule has 2 aromatic carbocycles. The summed E-state index contributed by atoms with van der Waals surface area (Å²) in [5.41, 5.74) is 1.04. The van der Waals surface area contributed by atoms with Gasteiger partial charge in [0, 0.05) is 30.6 Å². The minimum atomic E-state index is -3.57. The highest BCUT2D eigenvalue weighted by atomic mass is 35.5. The zero-order valence-corrected chi connectivity index (χ0v) is 15.8. The number of hydrogen-bond donors (Lipinski definition) is 1. The minimum absolute atomic E-state index is 0.0198.